The molecule has 226 valence electrons. The van der Waals surface area contributed by atoms with Crippen molar-refractivity contribution in [2.24, 2.45) is 11.5 Å². The van der Waals surface area contributed by atoms with Gasteiger partial charge in [-0.15, -0.1) is 34.9 Å². The van der Waals surface area contributed by atoms with Gasteiger partial charge < -0.3 is 21.9 Å². The zero-order valence-electron chi connectivity index (χ0n) is 21.9. The third kappa shape index (κ3) is 9.50. The molecule has 0 aliphatic rings. The number of carboxylic acid groups (broad SMARTS) is 1. The molecule has 0 bridgehead atoms. The number of sulfone groups is 1. The quantitative estimate of drug-likeness (QED) is 0.119. The number of primary amides is 1. The molecule has 1 aromatic heterocycles. The van der Waals surface area contributed by atoms with Gasteiger partial charge in [-0.05, 0) is 60.2 Å². The number of nitrogen functional groups attached to an aromatic ring is 1. The van der Waals surface area contributed by atoms with Crippen LogP contribution < -0.4 is 16.8 Å². The van der Waals surface area contributed by atoms with Crippen molar-refractivity contribution in [1.29, 1.82) is 5.41 Å². The molecule has 3 rings (SSSR count). The van der Waals surface area contributed by atoms with E-state index in [0.29, 0.717) is 20.3 Å². The van der Waals surface area contributed by atoms with Crippen LogP contribution >= 0.6 is 34.9 Å². The number of aliphatic carboxylic acids is 1. The number of rotatable bonds is 10. The van der Waals surface area contributed by atoms with Gasteiger partial charge in [0.05, 0.1) is 30.4 Å². The number of nitrogens with one attached hydrogen (secondary N) is 2. The van der Waals surface area contributed by atoms with Crippen molar-refractivity contribution in [2.75, 3.05) is 23.1 Å². The lowest BCUT2D eigenvalue weighted by atomic mass is 10.00. The van der Waals surface area contributed by atoms with E-state index in [0.717, 1.165) is 22.9 Å². The minimum atomic E-state index is -5.08. The molecule has 3 aromatic rings. The maximum Gasteiger partial charge on any atom is 0.490 e. The van der Waals surface area contributed by atoms with E-state index in [-0.39, 0.29) is 33.0 Å². The molecule has 0 spiro atoms. The number of hydrogen-bond donors (Lipinski definition) is 5. The Balaban J connectivity index is 0.000000782. The SMILES string of the molecule is CSc1sc(C(=N)N)cc1S(=O)(=O)c1cccc(-c2ccc(NC(=O)CSCC(N)=O)cc2C)c1.O=C(O)C(F)(F)F. The van der Waals surface area contributed by atoms with Crippen LogP contribution in [0.1, 0.15) is 10.4 Å². The number of amidine groups is 1. The van der Waals surface area contributed by atoms with Crippen molar-refractivity contribution < 1.29 is 41.1 Å². The maximum absolute atomic E-state index is 13.4. The summed E-state index contributed by atoms with van der Waals surface area (Å²) in [5.74, 6) is -3.47. The number of aryl methyl sites for hydroxylation is 1. The minimum Gasteiger partial charge on any atom is -0.475 e. The average molecular weight is 663 g/mol. The predicted octanol–water partition coefficient (Wildman–Crippen LogP) is 4.35. The molecular formula is C25H25F3N4O6S4. The smallest absolute Gasteiger partial charge is 0.475 e. The summed E-state index contributed by atoms with van der Waals surface area (Å²) in [6.45, 7) is 1.87. The number of carbonyl (C=O) groups is 3. The summed E-state index contributed by atoms with van der Waals surface area (Å²) in [4.78, 5) is 32.5. The fourth-order valence-electron chi connectivity index (χ4n) is 3.28. The van der Waals surface area contributed by atoms with Crippen LogP contribution in [0.5, 0.6) is 0 Å². The Hall–Kier alpha value is -3.54. The van der Waals surface area contributed by atoms with Crippen molar-refractivity contribution in [3.05, 3.63) is 59.0 Å². The lowest BCUT2D eigenvalue weighted by molar-refractivity contribution is -0.192. The highest BCUT2D eigenvalue weighted by Gasteiger charge is 2.38. The molecule has 0 fully saturated rings. The standard InChI is InChI=1S/C23H24N4O4S4.C2HF3O2/c1-13-8-15(27-21(29)12-33-11-20(24)28)6-7-17(13)14-4-3-5-16(9-14)35(30,31)19-10-18(22(25)26)34-23(19)32-2;3-2(4,5)1(6)7/h3-10H,11-12H2,1-2H3,(H2,24,28)(H3,25,26)(H,27,29);(H,6,7). The van der Waals surface area contributed by atoms with Gasteiger partial charge in [0.2, 0.25) is 21.7 Å². The minimum absolute atomic E-state index is 0.0739. The van der Waals surface area contributed by atoms with E-state index < -0.39 is 27.9 Å². The molecule has 2 aromatic carbocycles. The normalized spacial score (nSPS) is 11.3. The summed E-state index contributed by atoms with van der Waals surface area (Å²) in [5, 5.41) is 17.6. The molecule has 0 saturated carbocycles. The molecule has 17 heteroatoms. The molecule has 0 aliphatic heterocycles. The highest BCUT2D eigenvalue weighted by molar-refractivity contribution is 8.01. The van der Waals surface area contributed by atoms with E-state index in [1.165, 1.54) is 29.2 Å². The number of nitrogens with two attached hydrogens (primary N) is 2. The van der Waals surface area contributed by atoms with E-state index in [1.807, 2.05) is 19.1 Å². The summed E-state index contributed by atoms with van der Waals surface area (Å²) >= 11 is 3.62. The maximum atomic E-state index is 13.4. The van der Waals surface area contributed by atoms with Gasteiger partial charge in [0.15, 0.2) is 0 Å². The van der Waals surface area contributed by atoms with Gasteiger partial charge >= 0.3 is 12.1 Å². The Morgan fingerprint density at radius 1 is 1.07 bits per heavy atom. The van der Waals surface area contributed by atoms with E-state index >= 15 is 0 Å². The monoisotopic (exact) mass is 662 g/mol. The number of hydrogen-bond acceptors (Lipinski definition) is 9. The van der Waals surface area contributed by atoms with Gasteiger partial charge in [-0.1, -0.05) is 18.2 Å². The summed E-state index contributed by atoms with van der Waals surface area (Å²) in [5.41, 5.74) is 13.6. The van der Waals surface area contributed by atoms with Crippen LogP contribution in [-0.4, -0.2) is 61.1 Å². The molecular weight excluding hydrogens is 638 g/mol. The molecule has 42 heavy (non-hydrogen) atoms. The van der Waals surface area contributed by atoms with Crippen molar-refractivity contribution in [3.63, 3.8) is 0 Å². The second-order valence-corrected chi connectivity index (χ2v) is 13.3. The third-order valence-corrected chi connectivity index (χ3v) is 10.4. The summed E-state index contributed by atoms with van der Waals surface area (Å²) in [7, 11) is -3.83. The molecule has 10 nitrogen and oxygen atoms in total. The number of amides is 2. The van der Waals surface area contributed by atoms with Gasteiger partial charge in [0.25, 0.3) is 0 Å². The van der Waals surface area contributed by atoms with Crippen LogP contribution in [0.15, 0.2) is 62.5 Å². The van der Waals surface area contributed by atoms with Gasteiger partial charge in [-0.3, -0.25) is 15.0 Å². The number of carbonyl (C=O) groups excluding carboxylic acids is 2. The van der Waals surface area contributed by atoms with Crippen molar-refractivity contribution >= 4 is 74.0 Å². The van der Waals surface area contributed by atoms with Crippen LogP contribution in [0.25, 0.3) is 11.1 Å². The Labute approximate surface area is 251 Å². The van der Waals surface area contributed by atoms with E-state index in [9.17, 15) is 31.2 Å². The van der Waals surface area contributed by atoms with Crippen LogP contribution in [0, 0.1) is 12.3 Å². The summed E-state index contributed by atoms with van der Waals surface area (Å²) in [6, 6.07) is 13.5. The Morgan fingerprint density at radius 3 is 2.24 bits per heavy atom. The van der Waals surface area contributed by atoms with Crippen LogP contribution in [0.2, 0.25) is 0 Å². The second kappa shape index (κ2) is 14.6. The van der Waals surface area contributed by atoms with Gasteiger partial charge in [-0.2, -0.15) is 13.2 Å². The molecule has 0 saturated heterocycles. The second-order valence-electron chi connectivity index (χ2n) is 8.25. The molecule has 1 heterocycles. The van der Waals surface area contributed by atoms with Crippen molar-refractivity contribution in [3.8, 4) is 11.1 Å². The lowest BCUT2D eigenvalue weighted by Crippen LogP contribution is -2.21. The molecule has 7 N–H and O–H groups in total. The fourth-order valence-corrected chi connectivity index (χ4v) is 7.75. The topological polar surface area (TPSA) is 193 Å². The number of benzene rings is 2. The molecule has 0 radical (unpaired) electrons. The number of thiophene rings is 1. The largest absolute Gasteiger partial charge is 0.490 e. The lowest BCUT2D eigenvalue weighted by Gasteiger charge is -2.12. The number of carboxylic acids is 1. The van der Waals surface area contributed by atoms with E-state index in [4.69, 9.17) is 26.8 Å². The average Bonchev–Trinajstić information content (AvgIpc) is 3.34. The highest BCUT2D eigenvalue weighted by Crippen LogP contribution is 2.38. The molecule has 0 aliphatic carbocycles. The number of thioether (sulfide) groups is 2. The zero-order valence-corrected chi connectivity index (χ0v) is 25.2. The predicted molar refractivity (Wildman–Crippen MR) is 158 cm³/mol. The Morgan fingerprint density at radius 2 is 1.71 bits per heavy atom. The van der Waals surface area contributed by atoms with Crippen LogP contribution in [0.4, 0.5) is 18.9 Å². The first-order valence-electron chi connectivity index (χ1n) is 11.4. The number of anilines is 1. The van der Waals surface area contributed by atoms with E-state index in [1.54, 1.807) is 36.6 Å². The molecule has 0 unspecified atom stereocenters. The Kier molecular flexibility index (Phi) is 12.0. The molecule has 2 amide bonds. The van der Waals surface area contributed by atoms with Crippen LogP contribution in [-0.2, 0) is 24.2 Å². The summed E-state index contributed by atoms with van der Waals surface area (Å²) < 4.78 is 59.2. The first-order valence-corrected chi connectivity index (χ1v) is 16.1. The van der Waals surface area contributed by atoms with Gasteiger partial charge in [0.1, 0.15) is 5.84 Å². The van der Waals surface area contributed by atoms with Gasteiger partial charge in [-0.25, -0.2) is 13.2 Å². The first kappa shape index (κ1) is 34.7. The molecule has 0 atom stereocenters. The Bertz CT molecular complexity index is 1610. The van der Waals surface area contributed by atoms with Crippen LogP contribution in [0.3, 0.4) is 0 Å². The number of halogens is 3. The first-order chi connectivity index (χ1) is 19.5. The van der Waals surface area contributed by atoms with E-state index in [2.05, 4.69) is 5.32 Å². The third-order valence-electron chi connectivity index (χ3n) is 5.09. The zero-order chi connectivity index (χ0) is 31.8. The highest BCUT2D eigenvalue weighted by atomic mass is 32.2. The van der Waals surface area contributed by atoms with Gasteiger partial charge in [0, 0.05) is 5.69 Å². The summed E-state index contributed by atoms with van der Waals surface area (Å²) in [6.07, 6.45) is -3.30. The fraction of sp³-hybridized carbons (Fsp3) is 0.200. The number of alkyl halides is 3. The van der Waals surface area contributed by atoms with Crippen molar-refractivity contribution in [1.82, 2.24) is 0 Å². The van der Waals surface area contributed by atoms with Crippen molar-refractivity contribution in [2.45, 2.75) is 27.1 Å².